The van der Waals surface area contributed by atoms with Crippen molar-refractivity contribution in [3.8, 4) is 0 Å². The minimum absolute atomic E-state index is 0.105. The lowest BCUT2D eigenvalue weighted by Crippen LogP contribution is -2.33. The van der Waals surface area contributed by atoms with Gasteiger partial charge in [0.2, 0.25) is 0 Å². The van der Waals surface area contributed by atoms with Gasteiger partial charge in [-0.05, 0) is 19.1 Å². The molecule has 1 aromatic rings. The monoisotopic (exact) mass is 274 g/mol. The standard InChI is InChI=1S/C11H15ClN2O4/c1-7(11(17-2)18-3)13-8-4-5-9(12)10(6-8)14(15)16/h4-7,11,13H,1-3H3. The van der Waals surface area contributed by atoms with E-state index in [4.69, 9.17) is 21.1 Å². The van der Waals surface area contributed by atoms with E-state index in [-0.39, 0.29) is 16.8 Å². The molecule has 1 aromatic carbocycles. The van der Waals surface area contributed by atoms with Crippen molar-refractivity contribution in [2.75, 3.05) is 19.5 Å². The van der Waals surface area contributed by atoms with Crippen LogP contribution in [0.25, 0.3) is 0 Å². The van der Waals surface area contributed by atoms with Gasteiger partial charge in [-0.1, -0.05) is 11.6 Å². The van der Waals surface area contributed by atoms with Gasteiger partial charge in [0, 0.05) is 26.0 Å². The van der Waals surface area contributed by atoms with E-state index in [9.17, 15) is 10.1 Å². The first-order valence-corrected chi connectivity index (χ1v) is 5.63. The number of hydrogen-bond acceptors (Lipinski definition) is 5. The molecule has 0 heterocycles. The lowest BCUT2D eigenvalue weighted by Gasteiger charge is -2.23. The van der Waals surface area contributed by atoms with Gasteiger partial charge in [-0.3, -0.25) is 10.1 Å². The molecule has 0 aromatic heterocycles. The van der Waals surface area contributed by atoms with E-state index < -0.39 is 11.2 Å². The molecule has 0 radical (unpaired) electrons. The fourth-order valence-corrected chi connectivity index (χ4v) is 1.76. The van der Waals surface area contributed by atoms with Crippen LogP contribution in [0.3, 0.4) is 0 Å². The summed E-state index contributed by atoms with van der Waals surface area (Å²) in [4.78, 5) is 10.2. The number of halogens is 1. The molecule has 18 heavy (non-hydrogen) atoms. The number of anilines is 1. The molecule has 100 valence electrons. The van der Waals surface area contributed by atoms with Crippen molar-refractivity contribution in [2.45, 2.75) is 19.3 Å². The van der Waals surface area contributed by atoms with Crippen LogP contribution in [0.2, 0.25) is 5.02 Å². The van der Waals surface area contributed by atoms with Crippen LogP contribution in [0, 0.1) is 10.1 Å². The van der Waals surface area contributed by atoms with Gasteiger partial charge in [-0.15, -0.1) is 0 Å². The highest BCUT2D eigenvalue weighted by Crippen LogP contribution is 2.27. The smallest absolute Gasteiger partial charge is 0.289 e. The summed E-state index contributed by atoms with van der Waals surface area (Å²) in [6.45, 7) is 1.85. The average Bonchev–Trinajstić information content (AvgIpc) is 2.32. The Morgan fingerprint density at radius 3 is 2.50 bits per heavy atom. The maximum atomic E-state index is 10.7. The van der Waals surface area contributed by atoms with E-state index in [1.165, 1.54) is 26.4 Å². The predicted octanol–water partition coefficient (Wildman–Crippen LogP) is 2.67. The molecule has 7 heteroatoms. The summed E-state index contributed by atoms with van der Waals surface area (Å²) in [5, 5.41) is 13.9. The number of methoxy groups -OCH3 is 2. The van der Waals surface area contributed by atoms with Crippen molar-refractivity contribution in [1.82, 2.24) is 0 Å². The first kappa shape index (κ1) is 14.7. The predicted molar refractivity (Wildman–Crippen MR) is 69.0 cm³/mol. The summed E-state index contributed by atoms with van der Waals surface area (Å²) in [5.41, 5.74) is 0.443. The second-order valence-electron chi connectivity index (χ2n) is 3.70. The maximum Gasteiger partial charge on any atom is 0.289 e. The fourth-order valence-electron chi connectivity index (χ4n) is 1.58. The summed E-state index contributed by atoms with van der Waals surface area (Å²) in [7, 11) is 3.05. The van der Waals surface area contributed by atoms with E-state index in [2.05, 4.69) is 5.32 Å². The highest BCUT2D eigenvalue weighted by molar-refractivity contribution is 6.32. The molecule has 0 aliphatic carbocycles. The molecule has 1 atom stereocenters. The molecule has 6 nitrogen and oxygen atoms in total. The van der Waals surface area contributed by atoms with Crippen molar-refractivity contribution in [3.63, 3.8) is 0 Å². The molecule has 0 aliphatic heterocycles. The molecule has 0 bridgehead atoms. The van der Waals surface area contributed by atoms with E-state index >= 15 is 0 Å². The van der Waals surface area contributed by atoms with Crippen LogP contribution in [-0.2, 0) is 9.47 Å². The largest absolute Gasteiger partial charge is 0.377 e. The molecule has 0 saturated heterocycles. The third-order valence-corrected chi connectivity index (χ3v) is 2.73. The summed E-state index contributed by atoms with van der Waals surface area (Å²) in [5.74, 6) is 0. The number of rotatable bonds is 6. The number of nitrogens with zero attached hydrogens (tertiary/aromatic N) is 1. The Morgan fingerprint density at radius 2 is 2.00 bits per heavy atom. The first-order valence-electron chi connectivity index (χ1n) is 5.25. The molecule has 0 fully saturated rings. The van der Waals surface area contributed by atoms with Crippen molar-refractivity contribution in [2.24, 2.45) is 0 Å². The Balaban J connectivity index is 2.85. The van der Waals surface area contributed by atoms with E-state index in [0.29, 0.717) is 5.69 Å². The third kappa shape index (κ3) is 3.56. The normalized spacial score (nSPS) is 12.5. The second kappa shape index (κ2) is 6.53. The van der Waals surface area contributed by atoms with Gasteiger partial charge in [0.15, 0.2) is 6.29 Å². The fraction of sp³-hybridized carbons (Fsp3) is 0.455. The van der Waals surface area contributed by atoms with E-state index in [1.54, 1.807) is 6.07 Å². The van der Waals surface area contributed by atoms with Crippen LogP contribution < -0.4 is 5.32 Å². The third-order valence-electron chi connectivity index (χ3n) is 2.41. The Morgan fingerprint density at radius 1 is 1.39 bits per heavy atom. The number of nitrogens with one attached hydrogen (secondary N) is 1. The summed E-state index contributed by atoms with van der Waals surface area (Å²) >= 11 is 5.73. The Hall–Kier alpha value is -1.37. The molecular weight excluding hydrogens is 260 g/mol. The van der Waals surface area contributed by atoms with E-state index in [1.807, 2.05) is 6.92 Å². The van der Waals surface area contributed by atoms with Crippen LogP contribution >= 0.6 is 11.6 Å². The Kier molecular flexibility index (Phi) is 5.33. The number of nitro benzene ring substituents is 1. The number of nitro groups is 1. The van der Waals surface area contributed by atoms with Crippen molar-refractivity contribution >= 4 is 23.0 Å². The zero-order valence-corrected chi connectivity index (χ0v) is 11.1. The lowest BCUT2D eigenvalue weighted by atomic mass is 10.2. The van der Waals surface area contributed by atoms with Gasteiger partial charge >= 0.3 is 0 Å². The summed E-state index contributed by atoms with van der Waals surface area (Å²) in [6.07, 6.45) is -0.445. The van der Waals surface area contributed by atoms with Gasteiger partial charge in [-0.25, -0.2) is 0 Å². The van der Waals surface area contributed by atoms with Gasteiger partial charge in [0.05, 0.1) is 11.0 Å². The van der Waals surface area contributed by atoms with Gasteiger partial charge in [0.1, 0.15) is 5.02 Å². The Labute approximate surface area is 110 Å². The van der Waals surface area contributed by atoms with Crippen LogP contribution in [0.5, 0.6) is 0 Å². The van der Waals surface area contributed by atoms with Crippen LogP contribution in [0.4, 0.5) is 11.4 Å². The maximum absolute atomic E-state index is 10.7. The van der Waals surface area contributed by atoms with Gasteiger partial charge in [-0.2, -0.15) is 0 Å². The lowest BCUT2D eigenvalue weighted by molar-refractivity contribution is -0.384. The molecule has 1 unspecified atom stereocenters. The van der Waals surface area contributed by atoms with Gasteiger partial charge in [0.25, 0.3) is 5.69 Å². The quantitative estimate of drug-likeness (QED) is 0.490. The molecule has 0 saturated carbocycles. The van der Waals surface area contributed by atoms with E-state index in [0.717, 1.165) is 0 Å². The average molecular weight is 275 g/mol. The van der Waals surface area contributed by atoms with Crippen molar-refractivity contribution < 1.29 is 14.4 Å². The van der Waals surface area contributed by atoms with Crippen LogP contribution in [-0.4, -0.2) is 31.5 Å². The molecule has 1 rings (SSSR count). The number of ether oxygens (including phenoxy) is 2. The zero-order valence-electron chi connectivity index (χ0n) is 10.3. The number of hydrogen-bond donors (Lipinski definition) is 1. The molecular formula is C11H15ClN2O4. The SMILES string of the molecule is COC(OC)C(C)Nc1ccc(Cl)c([N+](=O)[O-])c1. The topological polar surface area (TPSA) is 73.6 Å². The molecule has 0 aliphatic rings. The first-order chi connectivity index (χ1) is 8.49. The summed E-state index contributed by atoms with van der Waals surface area (Å²) < 4.78 is 10.2. The highest BCUT2D eigenvalue weighted by Gasteiger charge is 2.18. The minimum Gasteiger partial charge on any atom is -0.377 e. The summed E-state index contributed by atoms with van der Waals surface area (Å²) in [6, 6.07) is 4.35. The minimum atomic E-state index is -0.525. The molecule has 1 N–H and O–H groups in total. The zero-order chi connectivity index (χ0) is 13.7. The van der Waals surface area contributed by atoms with Crippen molar-refractivity contribution in [3.05, 3.63) is 33.3 Å². The van der Waals surface area contributed by atoms with Gasteiger partial charge < -0.3 is 14.8 Å². The molecule has 0 amide bonds. The Bertz CT molecular complexity index is 424. The van der Waals surface area contributed by atoms with Crippen molar-refractivity contribution in [1.29, 1.82) is 0 Å². The highest BCUT2D eigenvalue weighted by atomic mass is 35.5. The second-order valence-corrected chi connectivity index (χ2v) is 4.10. The molecule has 0 spiro atoms. The number of benzene rings is 1. The van der Waals surface area contributed by atoms with Crippen LogP contribution in [0.1, 0.15) is 6.92 Å². The van der Waals surface area contributed by atoms with Crippen LogP contribution in [0.15, 0.2) is 18.2 Å².